The van der Waals surface area contributed by atoms with Gasteiger partial charge in [0.05, 0.1) is 10.3 Å². The van der Waals surface area contributed by atoms with Crippen LogP contribution in [0, 0.1) is 5.92 Å². The molecule has 31 heavy (non-hydrogen) atoms. The zero-order valence-electron chi connectivity index (χ0n) is 17.8. The third kappa shape index (κ3) is 5.04. The number of aromatic nitrogens is 4. The summed E-state index contributed by atoms with van der Waals surface area (Å²) in [6, 6.07) is 6.09. The molecule has 0 saturated heterocycles. The Morgan fingerprint density at radius 3 is 2.58 bits per heavy atom. The molecule has 1 aliphatic rings. The van der Waals surface area contributed by atoms with E-state index in [1.54, 1.807) is 18.3 Å². The van der Waals surface area contributed by atoms with Crippen molar-refractivity contribution in [1.82, 2.24) is 19.7 Å². The smallest absolute Gasteiger partial charge is 0.294 e. The number of hydrogen-bond donors (Lipinski definition) is 2. The van der Waals surface area contributed by atoms with Crippen LogP contribution in [0.4, 0.5) is 5.95 Å². The molecule has 9 heteroatoms. The van der Waals surface area contributed by atoms with Crippen molar-refractivity contribution in [1.29, 1.82) is 0 Å². The predicted octanol–water partition coefficient (Wildman–Crippen LogP) is 4.53. The van der Waals surface area contributed by atoms with Crippen molar-refractivity contribution in [3.8, 4) is 11.3 Å². The summed E-state index contributed by atoms with van der Waals surface area (Å²) in [5.41, 5.74) is 2.26. The van der Waals surface area contributed by atoms with Crippen molar-refractivity contribution in [3.05, 3.63) is 30.5 Å². The molecule has 1 aromatic carbocycles. The summed E-state index contributed by atoms with van der Waals surface area (Å²) in [7, 11) is -4.23. The van der Waals surface area contributed by atoms with Crippen LogP contribution in [-0.4, -0.2) is 39.3 Å². The zero-order valence-corrected chi connectivity index (χ0v) is 18.6. The number of anilines is 1. The minimum Gasteiger partial charge on any atom is -0.354 e. The van der Waals surface area contributed by atoms with Gasteiger partial charge in [-0.15, -0.1) is 0 Å². The van der Waals surface area contributed by atoms with Crippen LogP contribution < -0.4 is 5.32 Å². The van der Waals surface area contributed by atoms with Gasteiger partial charge in [-0.2, -0.15) is 18.5 Å². The van der Waals surface area contributed by atoms with Crippen LogP contribution in [0.25, 0.3) is 22.3 Å². The molecule has 0 radical (unpaired) electrons. The van der Waals surface area contributed by atoms with Gasteiger partial charge < -0.3 is 5.32 Å². The lowest BCUT2D eigenvalue weighted by Crippen LogP contribution is -2.15. The molecule has 0 aliphatic heterocycles. The van der Waals surface area contributed by atoms with Gasteiger partial charge in [0, 0.05) is 24.8 Å². The first-order valence-corrected chi connectivity index (χ1v) is 12.4. The van der Waals surface area contributed by atoms with E-state index in [9.17, 15) is 13.0 Å². The topological polar surface area (TPSA) is 110 Å². The standard InChI is InChI=1S/C22H29N5O3S/c1-2-3-13-23-22-24-14-19-20(17-9-11-18(12-10-17)31(28,29)30)26-27(21(19)25-22)15-16-7-5-4-6-8-16/h9-12,14,16H,2-8,13,15H2,1H3,(H,23,24,25)(H,28,29,30). The number of unbranched alkanes of at least 4 members (excludes halogenated alkanes) is 1. The molecule has 0 atom stereocenters. The highest BCUT2D eigenvalue weighted by molar-refractivity contribution is 7.85. The molecule has 166 valence electrons. The van der Waals surface area contributed by atoms with E-state index in [0.717, 1.165) is 42.5 Å². The SMILES string of the molecule is CCCCNc1ncc2c(-c3ccc(S(=O)(=O)O)cc3)nn(CC3CCCCC3)c2n1. The Balaban J connectivity index is 1.72. The number of rotatable bonds is 8. The lowest BCUT2D eigenvalue weighted by molar-refractivity contribution is 0.311. The van der Waals surface area contributed by atoms with Crippen molar-refractivity contribution >= 4 is 27.1 Å². The van der Waals surface area contributed by atoms with Crippen LogP contribution >= 0.6 is 0 Å². The first-order valence-electron chi connectivity index (χ1n) is 11.0. The number of hydrogen-bond acceptors (Lipinski definition) is 6. The third-order valence-corrected chi connectivity index (χ3v) is 6.75. The fourth-order valence-corrected chi connectivity index (χ4v) is 4.64. The molecule has 0 spiro atoms. The van der Waals surface area contributed by atoms with E-state index in [1.165, 1.54) is 44.2 Å². The lowest BCUT2D eigenvalue weighted by atomic mass is 9.89. The lowest BCUT2D eigenvalue weighted by Gasteiger charge is -2.21. The molecule has 1 fully saturated rings. The average Bonchev–Trinajstić information content (AvgIpc) is 3.12. The van der Waals surface area contributed by atoms with Crippen molar-refractivity contribution in [2.45, 2.75) is 63.3 Å². The van der Waals surface area contributed by atoms with Gasteiger partial charge in [0.15, 0.2) is 5.65 Å². The molecule has 1 saturated carbocycles. The maximum Gasteiger partial charge on any atom is 0.294 e. The summed E-state index contributed by atoms with van der Waals surface area (Å²) in [5.74, 6) is 1.18. The molecule has 2 heterocycles. The molecule has 0 unspecified atom stereocenters. The van der Waals surface area contributed by atoms with Crippen LogP contribution in [0.15, 0.2) is 35.4 Å². The fourth-order valence-electron chi connectivity index (χ4n) is 4.16. The molecule has 1 aliphatic carbocycles. The maximum absolute atomic E-state index is 11.4. The minimum atomic E-state index is -4.23. The van der Waals surface area contributed by atoms with E-state index in [1.807, 2.05) is 4.68 Å². The predicted molar refractivity (Wildman–Crippen MR) is 121 cm³/mol. The Labute approximate surface area is 182 Å². The highest BCUT2D eigenvalue weighted by Gasteiger charge is 2.20. The second-order valence-corrected chi connectivity index (χ2v) is 9.67. The molecule has 4 rings (SSSR count). The second-order valence-electron chi connectivity index (χ2n) is 8.25. The van der Waals surface area contributed by atoms with Crippen LogP contribution in [0.1, 0.15) is 51.9 Å². The highest BCUT2D eigenvalue weighted by Crippen LogP contribution is 2.31. The van der Waals surface area contributed by atoms with E-state index in [0.29, 0.717) is 17.6 Å². The minimum absolute atomic E-state index is 0.138. The van der Waals surface area contributed by atoms with Crippen LogP contribution in [-0.2, 0) is 16.7 Å². The van der Waals surface area contributed by atoms with E-state index in [-0.39, 0.29) is 4.90 Å². The van der Waals surface area contributed by atoms with Gasteiger partial charge in [-0.25, -0.2) is 9.67 Å². The number of nitrogens with one attached hydrogen (secondary N) is 1. The molecular weight excluding hydrogens is 414 g/mol. The van der Waals surface area contributed by atoms with E-state index >= 15 is 0 Å². The molecule has 2 aromatic heterocycles. The van der Waals surface area contributed by atoms with Gasteiger partial charge in [-0.05, 0) is 37.3 Å². The third-order valence-electron chi connectivity index (χ3n) is 5.88. The Bertz CT molecular complexity index is 1140. The molecule has 3 aromatic rings. The zero-order chi connectivity index (χ0) is 21.8. The van der Waals surface area contributed by atoms with E-state index < -0.39 is 10.1 Å². The Kier molecular flexibility index (Phi) is 6.52. The van der Waals surface area contributed by atoms with Gasteiger partial charge in [0.1, 0.15) is 5.69 Å². The summed E-state index contributed by atoms with van der Waals surface area (Å²) in [6.45, 7) is 3.78. The van der Waals surface area contributed by atoms with Gasteiger partial charge >= 0.3 is 0 Å². The first kappa shape index (κ1) is 21.7. The van der Waals surface area contributed by atoms with Crippen LogP contribution in [0.5, 0.6) is 0 Å². The van der Waals surface area contributed by atoms with Crippen molar-refractivity contribution in [2.24, 2.45) is 5.92 Å². The number of fused-ring (bicyclic) bond motifs is 1. The van der Waals surface area contributed by atoms with Gasteiger partial charge in [-0.3, -0.25) is 4.55 Å². The van der Waals surface area contributed by atoms with Crippen molar-refractivity contribution < 1.29 is 13.0 Å². The molecule has 0 amide bonds. The summed E-state index contributed by atoms with van der Waals surface area (Å²) >= 11 is 0. The van der Waals surface area contributed by atoms with E-state index in [4.69, 9.17) is 10.1 Å². The Morgan fingerprint density at radius 2 is 1.90 bits per heavy atom. The Hall–Kier alpha value is -2.52. The summed E-state index contributed by atoms with van der Waals surface area (Å²) in [6.07, 6.45) is 10.1. The monoisotopic (exact) mass is 443 g/mol. The van der Waals surface area contributed by atoms with E-state index in [2.05, 4.69) is 17.2 Å². The molecule has 0 bridgehead atoms. The van der Waals surface area contributed by atoms with Crippen LogP contribution in [0.2, 0.25) is 0 Å². The van der Waals surface area contributed by atoms with Crippen LogP contribution in [0.3, 0.4) is 0 Å². The van der Waals surface area contributed by atoms with Crippen molar-refractivity contribution in [2.75, 3.05) is 11.9 Å². The fraction of sp³-hybridized carbons (Fsp3) is 0.500. The molecular formula is C22H29N5O3S. The first-order chi connectivity index (χ1) is 15.0. The Morgan fingerprint density at radius 1 is 1.16 bits per heavy atom. The normalized spacial score (nSPS) is 15.4. The largest absolute Gasteiger partial charge is 0.354 e. The number of nitrogens with zero attached hydrogens (tertiary/aromatic N) is 4. The molecule has 8 nitrogen and oxygen atoms in total. The second kappa shape index (κ2) is 9.32. The van der Waals surface area contributed by atoms with Gasteiger partial charge in [0.25, 0.3) is 10.1 Å². The summed E-state index contributed by atoms with van der Waals surface area (Å²) < 4.78 is 34.0. The maximum atomic E-state index is 11.4. The summed E-state index contributed by atoms with van der Waals surface area (Å²) in [4.78, 5) is 9.09. The van der Waals surface area contributed by atoms with Gasteiger partial charge in [-0.1, -0.05) is 44.7 Å². The summed E-state index contributed by atoms with van der Waals surface area (Å²) in [5, 5.41) is 8.97. The quantitative estimate of drug-likeness (QED) is 0.389. The highest BCUT2D eigenvalue weighted by atomic mass is 32.2. The molecule has 2 N–H and O–H groups in total. The number of benzene rings is 1. The average molecular weight is 444 g/mol. The van der Waals surface area contributed by atoms with Gasteiger partial charge in [0.2, 0.25) is 5.95 Å². The van der Waals surface area contributed by atoms with Crippen molar-refractivity contribution in [3.63, 3.8) is 0 Å².